The zero-order valence-electron chi connectivity index (χ0n) is 9.96. The van der Waals surface area contributed by atoms with E-state index in [-0.39, 0.29) is 5.56 Å². The normalized spacial score (nSPS) is 10.7. The van der Waals surface area contributed by atoms with Crippen molar-refractivity contribution in [3.8, 4) is 11.1 Å². The topological polar surface area (TPSA) is 63.3 Å². The summed E-state index contributed by atoms with van der Waals surface area (Å²) < 4.78 is 0. The lowest BCUT2D eigenvalue weighted by atomic mass is 9.97. The molecule has 2 aromatic carbocycles. The zero-order chi connectivity index (χ0) is 13.4. The number of nitrogen functional groups attached to an aromatic ring is 1. The number of nitrogens with two attached hydrogens (primary N) is 1. The molecule has 0 aliphatic heterocycles. The molecule has 0 atom stereocenters. The number of thiophene rings is 1. The van der Waals surface area contributed by atoms with Gasteiger partial charge in [0.1, 0.15) is 10.6 Å². The molecule has 3 N–H and O–H groups in total. The molecule has 0 spiro atoms. The van der Waals surface area contributed by atoms with Crippen LogP contribution in [0.15, 0.2) is 47.8 Å². The third-order valence-electron chi connectivity index (χ3n) is 3.11. The van der Waals surface area contributed by atoms with Gasteiger partial charge in [-0.15, -0.1) is 11.3 Å². The highest BCUT2D eigenvalue weighted by atomic mass is 32.1. The molecule has 0 bridgehead atoms. The maximum atomic E-state index is 11.3. The Balaban J connectivity index is 2.34. The van der Waals surface area contributed by atoms with Crippen LogP contribution in [0.5, 0.6) is 0 Å². The van der Waals surface area contributed by atoms with Crippen molar-refractivity contribution in [2.24, 2.45) is 0 Å². The molecule has 1 aromatic heterocycles. The highest BCUT2D eigenvalue weighted by Gasteiger charge is 2.18. The first kappa shape index (κ1) is 11.7. The van der Waals surface area contributed by atoms with E-state index in [1.54, 1.807) is 5.38 Å². The van der Waals surface area contributed by atoms with Crippen molar-refractivity contribution in [3.63, 3.8) is 0 Å². The molecule has 0 unspecified atom stereocenters. The summed E-state index contributed by atoms with van der Waals surface area (Å²) >= 11 is 1.26. The molecule has 0 aliphatic carbocycles. The van der Waals surface area contributed by atoms with Crippen LogP contribution in [0.4, 0.5) is 5.00 Å². The van der Waals surface area contributed by atoms with Gasteiger partial charge in [-0.1, -0.05) is 42.5 Å². The fourth-order valence-electron chi connectivity index (χ4n) is 2.25. The van der Waals surface area contributed by atoms with Crippen LogP contribution in [0.25, 0.3) is 21.9 Å². The lowest BCUT2D eigenvalue weighted by Gasteiger charge is -2.06. The summed E-state index contributed by atoms with van der Waals surface area (Å²) in [5, 5.41) is 13.6. The van der Waals surface area contributed by atoms with Crippen molar-refractivity contribution in [1.82, 2.24) is 0 Å². The zero-order valence-corrected chi connectivity index (χ0v) is 10.8. The van der Waals surface area contributed by atoms with Gasteiger partial charge < -0.3 is 10.8 Å². The second kappa shape index (κ2) is 4.40. The number of hydrogen-bond donors (Lipinski definition) is 2. The van der Waals surface area contributed by atoms with Crippen LogP contribution in [0.2, 0.25) is 0 Å². The van der Waals surface area contributed by atoms with Crippen molar-refractivity contribution < 1.29 is 9.90 Å². The van der Waals surface area contributed by atoms with E-state index in [0.29, 0.717) is 10.6 Å². The molecule has 0 aliphatic rings. The minimum atomic E-state index is -0.985. The first-order valence-electron chi connectivity index (χ1n) is 5.77. The SMILES string of the molecule is Nc1scc(-c2cccc3ccccc23)c1C(=O)O. The quantitative estimate of drug-likeness (QED) is 0.742. The fraction of sp³-hybridized carbons (Fsp3) is 0. The van der Waals surface area contributed by atoms with E-state index in [1.807, 2.05) is 42.5 Å². The third-order valence-corrected chi connectivity index (χ3v) is 3.92. The first-order chi connectivity index (χ1) is 9.18. The van der Waals surface area contributed by atoms with Crippen molar-refractivity contribution in [2.75, 3.05) is 5.73 Å². The highest BCUT2D eigenvalue weighted by molar-refractivity contribution is 7.15. The van der Waals surface area contributed by atoms with Gasteiger partial charge in [-0.3, -0.25) is 0 Å². The van der Waals surface area contributed by atoms with E-state index in [9.17, 15) is 9.90 Å². The predicted octanol–water partition coefficient (Wildman–Crippen LogP) is 3.85. The van der Waals surface area contributed by atoms with E-state index in [4.69, 9.17) is 5.73 Å². The number of benzene rings is 2. The van der Waals surface area contributed by atoms with E-state index in [1.165, 1.54) is 11.3 Å². The molecule has 4 heteroatoms. The molecule has 0 saturated heterocycles. The number of fused-ring (bicyclic) bond motifs is 1. The Morgan fingerprint density at radius 2 is 1.79 bits per heavy atom. The number of rotatable bonds is 2. The number of anilines is 1. The standard InChI is InChI=1S/C15H11NO2S/c16-14-13(15(17)18)12(8-19-14)11-7-3-5-9-4-1-2-6-10(9)11/h1-8H,16H2,(H,17,18). The summed E-state index contributed by atoms with van der Waals surface area (Å²) in [5.74, 6) is -0.985. The fourth-order valence-corrected chi connectivity index (χ4v) is 3.06. The van der Waals surface area contributed by atoms with Crippen LogP contribution in [0.3, 0.4) is 0 Å². The molecule has 3 nitrogen and oxygen atoms in total. The Morgan fingerprint density at radius 3 is 2.58 bits per heavy atom. The molecule has 3 aromatic rings. The molecule has 0 saturated carbocycles. The minimum Gasteiger partial charge on any atom is -0.478 e. The molecule has 0 radical (unpaired) electrons. The molecule has 3 rings (SSSR count). The number of carboxylic acid groups (broad SMARTS) is 1. The first-order valence-corrected chi connectivity index (χ1v) is 6.65. The Morgan fingerprint density at radius 1 is 1.05 bits per heavy atom. The summed E-state index contributed by atoms with van der Waals surface area (Å²) in [5.41, 5.74) is 7.55. The van der Waals surface area contributed by atoms with Crippen molar-refractivity contribution in [1.29, 1.82) is 0 Å². The monoisotopic (exact) mass is 269 g/mol. The van der Waals surface area contributed by atoms with Gasteiger partial charge in [0.15, 0.2) is 0 Å². The molecular weight excluding hydrogens is 258 g/mol. The number of aromatic carboxylic acids is 1. The Labute approximate surface area is 113 Å². The lowest BCUT2D eigenvalue weighted by molar-refractivity contribution is 0.0699. The third kappa shape index (κ3) is 1.86. The molecule has 94 valence electrons. The van der Waals surface area contributed by atoms with Gasteiger partial charge >= 0.3 is 5.97 Å². The Kier molecular flexibility index (Phi) is 2.72. The molecular formula is C15H11NO2S. The van der Waals surface area contributed by atoms with Crippen LogP contribution in [-0.4, -0.2) is 11.1 Å². The lowest BCUT2D eigenvalue weighted by Crippen LogP contribution is -2.00. The second-order valence-corrected chi connectivity index (χ2v) is 5.13. The van der Waals surface area contributed by atoms with Crippen molar-refractivity contribution >= 4 is 33.1 Å². The largest absolute Gasteiger partial charge is 0.478 e. The summed E-state index contributed by atoms with van der Waals surface area (Å²) in [6.45, 7) is 0. The van der Waals surface area contributed by atoms with E-state index in [0.717, 1.165) is 16.3 Å². The maximum Gasteiger partial charge on any atom is 0.339 e. The van der Waals surface area contributed by atoms with Crippen LogP contribution in [0.1, 0.15) is 10.4 Å². The van der Waals surface area contributed by atoms with Gasteiger partial charge in [0.25, 0.3) is 0 Å². The summed E-state index contributed by atoms with van der Waals surface area (Å²) in [6, 6.07) is 13.8. The average Bonchev–Trinajstić information content (AvgIpc) is 2.80. The number of carbonyl (C=O) groups is 1. The molecule has 0 amide bonds. The Hall–Kier alpha value is -2.33. The van der Waals surface area contributed by atoms with Crippen LogP contribution >= 0.6 is 11.3 Å². The van der Waals surface area contributed by atoms with E-state index >= 15 is 0 Å². The summed E-state index contributed by atoms with van der Waals surface area (Å²) in [6.07, 6.45) is 0. The summed E-state index contributed by atoms with van der Waals surface area (Å²) in [7, 11) is 0. The Bertz CT molecular complexity index is 771. The van der Waals surface area contributed by atoms with Gasteiger partial charge in [-0.25, -0.2) is 4.79 Å². The van der Waals surface area contributed by atoms with E-state index < -0.39 is 5.97 Å². The van der Waals surface area contributed by atoms with Crippen molar-refractivity contribution in [2.45, 2.75) is 0 Å². The molecule has 0 fully saturated rings. The van der Waals surface area contributed by atoms with Crippen LogP contribution < -0.4 is 5.73 Å². The second-order valence-electron chi connectivity index (χ2n) is 4.22. The predicted molar refractivity (Wildman–Crippen MR) is 78.6 cm³/mol. The average molecular weight is 269 g/mol. The number of carboxylic acids is 1. The summed E-state index contributed by atoms with van der Waals surface area (Å²) in [4.78, 5) is 11.3. The van der Waals surface area contributed by atoms with Gasteiger partial charge in [0.05, 0.1) is 0 Å². The van der Waals surface area contributed by atoms with Crippen molar-refractivity contribution in [3.05, 3.63) is 53.4 Å². The van der Waals surface area contributed by atoms with Gasteiger partial charge in [-0.05, 0) is 16.3 Å². The van der Waals surface area contributed by atoms with Gasteiger partial charge in [0, 0.05) is 10.9 Å². The van der Waals surface area contributed by atoms with Gasteiger partial charge in [-0.2, -0.15) is 0 Å². The van der Waals surface area contributed by atoms with Gasteiger partial charge in [0.2, 0.25) is 0 Å². The number of hydrogen-bond acceptors (Lipinski definition) is 3. The van der Waals surface area contributed by atoms with Crippen LogP contribution in [0, 0.1) is 0 Å². The van der Waals surface area contributed by atoms with E-state index in [2.05, 4.69) is 0 Å². The molecule has 1 heterocycles. The highest BCUT2D eigenvalue weighted by Crippen LogP contribution is 2.37. The van der Waals surface area contributed by atoms with Crippen LogP contribution in [-0.2, 0) is 0 Å². The molecule has 19 heavy (non-hydrogen) atoms. The smallest absolute Gasteiger partial charge is 0.339 e. The maximum absolute atomic E-state index is 11.3. The minimum absolute atomic E-state index is 0.196.